The summed E-state index contributed by atoms with van der Waals surface area (Å²) in [6.45, 7) is 9.61. The van der Waals surface area contributed by atoms with Crippen LogP contribution in [0.2, 0.25) is 0 Å². The number of sulfonamides is 1. The van der Waals surface area contributed by atoms with Gasteiger partial charge in [-0.3, -0.25) is 0 Å². The van der Waals surface area contributed by atoms with Crippen LogP contribution in [0.5, 0.6) is 0 Å². The topological polar surface area (TPSA) is 104 Å². The highest BCUT2D eigenvalue weighted by Gasteiger charge is 2.22. The van der Waals surface area contributed by atoms with Gasteiger partial charge in [-0.15, -0.1) is 0 Å². The molecule has 1 aliphatic rings. The number of carbonyl (C=O) groups is 1. The molecule has 0 saturated carbocycles. The lowest BCUT2D eigenvalue weighted by molar-refractivity contribution is -0.106. The van der Waals surface area contributed by atoms with E-state index in [-0.39, 0.29) is 11.5 Å². The number of pyridine rings is 1. The summed E-state index contributed by atoms with van der Waals surface area (Å²) in [5.74, 6) is 0. The third kappa shape index (κ3) is 5.62. The standard InChI is InChI=1S/C22H28N4O2S.C2H4O/c1-22(2,3)20-14-19-18(10-13-24-21(19)25-20)15-4-6-17(7-5-15)29(27,28)26-16-8-11-23-12-9-16;1-2-3/h4-7,10,13-14,16,23,26H,8-9,11-12H2,1-3H3,(H,24,25);2H,1H3. The highest BCUT2D eigenvalue weighted by molar-refractivity contribution is 7.89. The fourth-order valence-corrected chi connectivity index (χ4v) is 5.03. The molecule has 3 aromatic rings. The number of aromatic nitrogens is 2. The molecule has 0 aliphatic carbocycles. The van der Waals surface area contributed by atoms with E-state index in [1.807, 2.05) is 18.2 Å². The Balaban J connectivity index is 0.000000913. The smallest absolute Gasteiger partial charge is 0.240 e. The van der Waals surface area contributed by atoms with Crippen LogP contribution in [0, 0.1) is 0 Å². The van der Waals surface area contributed by atoms with E-state index in [1.165, 1.54) is 6.92 Å². The summed E-state index contributed by atoms with van der Waals surface area (Å²) >= 11 is 0. The first-order valence-corrected chi connectivity index (χ1v) is 12.4. The predicted octanol–water partition coefficient (Wildman–Crippen LogP) is 3.76. The first-order valence-electron chi connectivity index (χ1n) is 10.9. The number of nitrogens with zero attached hydrogens (tertiary/aromatic N) is 1. The van der Waals surface area contributed by atoms with Crippen molar-refractivity contribution in [3.63, 3.8) is 0 Å². The fourth-order valence-electron chi connectivity index (χ4n) is 3.72. The summed E-state index contributed by atoms with van der Waals surface area (Å²) < 4.78 is 28.3. The zero-order valence-electron chi connectivity index (χ0n) is 19.1. The second kappa shape index (κ2) is 9.94. The summed E-state index contributed by atoms with van der Waals surface area (Å²) in [5.41, 5.74) is 3.97. The van der Waals surface area contributed by atoms with Gasteiger partial charge in [-0.05, 0) is 68.2 Å². The summed E-state index contributed by atoms with van der Waals surface area (Å²) in [7, 11) is -3.51. The lowest BCUT2D eigenvalue weighted by Crippen LogP contribution is -2.42. The Kier molecular flexibility index (Phi) is 7.48. The Labute approximate surface area is 190 Å². The maximum Gasteiger partial charge on any atom is 0.240 e. The minimum Gasteiger partial charge on any atom is -0.343 e. The first kappa shape index (κ1) is 24.1. The summed E-state index contributed by atoms with van der Waals surface area (Å²) in [5, 5.41) is 4.29. The van der Waals surface area contributed by atoms with Crippen molar-refractivity contribution in [2.24, 2.45) is 0 Å². The van der Waals surface area contributed by atoms with Crippen LogP contribution in [0.4, 0.5) is 0 Å². The molecule has 1 saturated heterocycles. The first-order chi connectivity index (χ1) is 15.2. The van der Waals surface area contributed by atoms with Crippen molar-refractivity contribution in [2.45, 2.75) is 56.9 Å². The van der Waals surface area contributed by atoms with E-state index in [4.69, 9.17) is 4.79 Å². The lowest BCUT2D eigenvalue weighted by Gasteiger charge is -2.23. The molecule has 0 unspecified atom stereocenters. The molecule has 1 aromatic carbocycles. The number of aromatic amines is 1. The quantitative estimate of drug-likeness (QED) is 0.519. The third-order valence-electron chi connectivity index (χ3n) is 5.48. The number of rotatable bonds is 4. The number of hydrogen-bond donors (Lipinski definition) is 3. The van der Waals surface area contributed by atoms with Crippen LogP contribution < -0.4 is 10.0 Å². The molecule has 8 heteroatoms. The minimum atomic E-state index is -3.51. The Morgan fingerprint density at radius 1 is 1.09 bits per heavy atom. The number of aldehydes is 1. The lowest BCUT2D eigenvalue weighted by atomic mass is 9.92. The molecule has 1 aliphatic heterocycles. The van der Waals surface area contributed by atoms with Gasteiger partial charge in [0.25, 0.3) is 0 Å². The Bertz CT molecular complexity index is 1160. The van der Waals surface area contributed by atoms with Gasteiger partial charge in [0, 0.05) is 28.7 Å². The van der Waals surface area contributed by atoms with E-state index in [0.717, 1.165) is 60.1 Å². The summed E-state index contributed by atoms with van der Waals surface area (Å²) in [6, 6.07) is 11.2. The van der Waals surface area contributed by atoms with E-state index in [9.17, 15) is 8.42 Å². The Hall–Kier alpha value is -2.55. The van der Waals surface area contributed by atoms with Gasteiger partial charge in [-0.2, -0.15) is 0 Å². The zero-order chi connectivity index (χ0) is 23.4. The van der Waals surface area contributed by atoms with Gasteiger partial charge in [0.1, 0.15) is 11.9 Å². The number of hydrogen-bond acceptors (Lipinski definition) is 5. The predicted molar refractivity (Wildman–Crippen MR) is 128 cm³/mol. The average Bonchev–Trinajstić information content (AvgIpc) is 3.20. The molecule has 172 valence electrons. The minimum absolute atomic E-state index is 0.00331. The highest BCUT2D eigenvalue weighted by atomic mass is 32.2. The molecule has 0 atom stereocenters. The summed E-state index contributed by atoms with van der Waals surface area (Å²) in [4.78, 5) is 17.0. The second-order valence-corrected chi connectivity index (χ2v) is 10.7. The van der Waals surface area contributed by atoms with Crippen LogP contribution in [0.15, 0.2) is 47.5 Å². The Morgan fingerprint density at radius 2 is 1.72 bits per heavy atom. The largest absolute Gasteiger partial charge is 0.343 e. The summed E-state index contributed by atoms with van der Waals surface area (Å²) in [6.07, 6.45) is 4.16. The van der Waals surface area contributed by atoms with Gasteiger partial charge in [-0.1, -0.05) is 32.9 Å². The van der Waals surface area contributed by atoms with Crippen molar-refractivity contribution in [2.75, 3.05) is 13.1 Å². The number of benzene rings is 1. The molecule has 32 heavy (non-hydrogen) atoms. The van der Waals surface area contributed by atoms with E-state index in [1.54, 1.807) is 18.3 Å². The van der Waals surface area contributed by atoms with Crippen molar-refractivity contribution in [1.29, 1.82) is 0 Å². The van der Waals surface area contributed by atoms with Crippen LogP contribution in [0.3, 0.4) is 0 Å². The number of fused-ring (bicyclic) bond motifs is 1. The van der Waals surface area contributed by atoms with Crippen LogP contribution in [0.1, 0.15) is 46.2 Å². The van der Waals surface area contributed by atoms with Crippen LogP contribution in [-0.2, 0) is 20.2 Å². The molecule has 1 fully saturated rings. The van der Waals surface area contributed by atoms with Crippen molar-refractivity contribution >= 4 is 27.3 Å². The van der Waals surface area contributed by atoms with Gasteiger partial charge < -0.3 is 15.1 Å². The zero-order valence-corrected chi connectivity index (χ0v) is 19.9. The number of H-pyrrole nitrogens is 1. The van der Waals surface area contributed by atoms with Gasteiger partial charge in [0.2, 0.25) is 10.0 Å². The maximum atomic E-state index is 12.7. The fraction of sp³-hybridized carbons (Fsp3) is 0.417. The van der Waals surface area contributed by atoms with Crippen molar-refractivity contribution in [3.05, 3.63) is 48.3 Å². The molecule has 3 N–H and O–H groups in total. The monoisotopic (exact) mass is 456 g/mol. The normalized spacial score (nSPS) is 15.2. The molecule has 0 spiro atoms. The van der Waals surface area contributed by atoms with Gasteiger partial charge in [-0.25, -0.2) is 18.1 Å². The van der Waals surface area contributed by atoms with Crippen molar-refractivity contribution in [3.8, 4) is 11.1 Å². The number of carbonyl (C=O) groups excluding carboxylic acids is 1. The molecule has 7 nitrogen and oxygen atoms in total. The highest BCUT2D eigenvalue weighted by Crippen LogP contribution is 2.32. The van der Waals surface area contributed by atoms with Gasteiger partial charge in [0.15, 0.2) is 0 Å². The molecule has 0 amide bonds. The number of piperidine rings is 1. The van der Waals surface area contributed by atoms with Crippen LogP contribution in [-0.4, -0.2) is 43.8 Å². The molecule has 0 radical (unpaired) electrons. The molecule has 4 rings (SSSR count). The molecule has 3 heterocycles. The van der Waals surface area contributed by atoms with E-state index < -0.39 is 10.0 Å². The van der Waals surface area contributed by atoms with Gasteiger partial charge >= 0.3 is 0 Å². The van der Waals surface area contributed by atoms with Crippen LogP contribution in [0.25, 0.3) is 22.2 Å². The van der Waals surface area contributed by atoms with Gasteiger partial charge in [0.05, 0.1) is 4.90 Å². The van der Waals surface area contributed by atoms with Crippen LogP contribution >= 0.6 is 0 Å². The van der Waals surface area contributed by atoms with Crippen molar-refractivity contribution < 1.29 is 13.2 Å². The second-order valence-electron chi connectivity index (χ2n) is 8.96. The third-order valence-corrected chi connectivity index (χ3v) is 7.01. The molecule has 2 aromatic heterocycles. The Morgan fingerprint density at radius 3 is 2.31 bits per heavy atom. The molecule has 0 bridgehead atoms. The average molecular weight is 457 g/mol. The number of nitrogens with one attached hydrogen (secondary N) is 3. The van der Waals surface area contributed by atoms with E-state index in [2.05, 4.69) is 46.8 Å². The molecular formula is C24H32N4O3S. The SMILES string of the molecule is CC(C)(C)c1cc2c(-c3ccc(S(=O)(=O)NC4CCNCC4)cc3)ccnc2[nH]1.CC=O. The maximum absolute atomic E-state index is 12.7. The molecular weight excluding hydrogens is 424 g/mol. The van der Waals surface area contributed by atoms with Crippen molar-refractivity contribution in [1.82, 2.24) is 20.0 Å². The van der Waals surface area contributed by atoms with E-state index >= 15 is 0 Å². The van der Waals surface area contributed by atoms with E-state index in [0.29, 0.717) is 4.90 Å².